The van der Waals surface area contributed by atoms with Crippen LogP contribution in [0.25, 0.3) is 0 Å². The van der Waals surface area contributed by atoms with Crippen molar-refractivity contribution in [2.45, 2.75) is 70.4 Å². The maximum Gasteiger partial charge on any atom is 0.325 e. The molecule has 0 bridgehead atoms. The topological polar surface area (TPSA) is 71.9 Å². The van der Waals surface area contributed by atoms with Crippen molar-refractivity contribution in [3.63, 3.8) is 0 Å². The SMILES string of the molecule is CCOc1ccccc1C(C(=O)O)N1CC[C@@H](OCCCCc2ccc3c(n2)CCCC3)C1. The fourth-order valence-electron chi connectivity index (χ4n) is 5.03. The third-order valence-corrected chi connectivity index (χ3v) is 6.71. The van der Waals surface area contributed by atoms with Gasteiger partial charge in [-0.2, -0.15) is 0 Å². The van der Waals surface area contributed by atoms with Gasteiger partial charge in [-0.3, -0.25) is 14.7 Å². The van der Waals surface area contributed by atoms with Crippen LogP contribution in [0, 0.1) is 0 Å². The van der Waals surface area contributed by atoms with E-state index in [0.717, 1.165) is 32.1 Å². The number of aromatic nitrogens is 1. The van der Waals surface area contributed by atoms with Crippen molar-refractivity contribution in [2.24, 2.45) is 0 Å². The molecule has 0 saturated carbocycles. The molecule has 33 heavy (non-hydrogen) atoms. The molecule has 1 unspecified atom stereocenters. The van der Waals surface area contributed by atoms with Gasteiger partial charge in [0, 0.05) is 36.6 Å². The number of ether oxygens (including phenoxy) is 2. The molecule has 1 aliphatic heterocycles. The van der Waals surface area contributed by atoms with Crippen molar-refractivity contribution in [1.82, 2.24) is 9.88 Å². The van der Waals surface area contributed by atoms with Crippen molar-refractivity contribution >= 4 is 5.97 Å². The van der Waals surface area contributed by atoms with Gasteiger partial charge >= 0.3 is 5.97 Å². The zero-order valence-electron chi connectivity index (χ0n) is 19.7. The smallest absolute Gasteiger partial charge is 0.325 e. The lowest BCUT2D eigenvalue weighted by Crippen LogP contribution is -2.33. The van der Waals surface area contributed by atoms with Gasteiger partial charge in [0.25, 0.3) is 0 Å². The average molecular weight is 453 g/mol. The minimum atomic E-state index is -0.847. The first-order chi connectivity index (χ1) is 16.2. The first-order valence-electron chi connectivity index (χ1n) is 12.4. The molecule has 1 fully saturated rings. The summed E-state index contributed by atoms with van der Waals surface area (Å²) in [6.07, 6.45) is 8.81. The number of hydrogen-bond donors (Lipinski definition) is 1. The molecule has 178 valence electrons. The summed E-state index contributed by atoms with van der Waals surface area (Å²) in [5.74, 6) is -0.201. The molecule has 6 nitrogen and oxygen atoms in total. The van der Waals surface area contributed by atoms with Crippen LogP contribution in [0.1, 0.15) is 67.6 Å². The number of nitrogens with zero attached hydrogens (tertiary/aromatic N) is 2. The van der Waals surface area contributed by atoms with Crippen molar-refractivity contribution in [3.05, 3.63) is 58.9 Å². The minimum Gasteiger partial charge on any atom is -0.494 e. The van der Waals surface area contributed by atoms with E-state index >= 15 is 0 Å². The molecule has 6 heteroatoms. The Morgan fingerprint density at radius 1 is 1.18 bits per heavy atom. The molecular weight excluding hydrogens is 416 g/mol. The zero-order chi connectivity index (χ0) is 23.0. The number of para-hydroxylation sites is 1. The number of hydrogen-bond acceptors (Lipinski definition) is 5. The van der Waals surface area contributed by atoms with Crippen molar-refractivity contribution in [1.29, 1.82) is 0 Å². The van der Waals surface area contributed by atoms with Crippen LogP contribution in [-0.4, -0.2) is 53.4 Å². The number of rotatable bonds is 11. The van der Waals surface area contributed by atoms with Gasteiger partial charge in [0.2, 0.25) is 0 Å². The number of carbonyl (C=O) groups is 1. The first-order valence-corrected chi connectivity index (χ1v) is 12.4. The van der Waals surface area contributed by atoms with Crippen LogP contribution in [0.2, 0.25) is 0 Å². The fraction of sp³-hybridized carbons (Fsp3) is 0.556. The van der Waals surface area contributed by atoms with Crippen LogP contribution in [0.15, 0.2) is 36.4 Å². The third-order valence-electron chi connectivity index (χ3n) is 6.71. The Balaban J connectivity index is 1.23. The molecule has 1 aromatic heterocycles. The molecule has 2 aromatic rings. The van der Waals surface area contributed by atoms with E-state index in [0.29, 0.717) is 37.6 Å². The predicted molar refractivity (Wildman–Crippen MR) is 128 cm³/mol. The van der Waals surface area contributed by atoms with E-state index in [1.807, 2.05) is 36.1 Å². The number of carboxylic acids is 1. The summed E-state index contributed by atoms with van der Waals surface area (Å²) < 4.78 is 11.8. The van der Waals surface area contributed by atoms with Gasteiger partial charge < -0.3 is 14.6 Å². The number of likely N-dealkylation sites (tertiary alicyclic amines) is 1. The zero-order valence-corrected chi connectivity index (χ0v) is 19.7. The summed E-state index contributed by atoms with van der Waals surface area (Å²) in [7, 11) is 0. The highest BCUT2D eigenvalue weighted by atomic mass is 16.5. The summed E-state index contributed by atoms with van der Waals surface area (Å²) in [5, 5.41) is 9.95. The van der Waals surface area contributed by atoms with Gasteiger partial charge in [0.1, 0.15) is 11.8 Å². The molecule has 1 aliphatic carbocycles. The number of aryl methyl sites for hydroxylation is 3. The Hall–Kier alpha value is -2.44. The van der Waals surface area contributed by atoms with E-state index in [4.69, 9.17) is 14.5 Å². The first kappa shape index (κ1) is 23.7. The summed E-state index contributed by atoms with van der Waals surface area (Å²) in [5.41, 5.74) is 4.65. The van der Waals surface area contributed by atoms with Gasteiger partial charge in [-0.05, 0) is 76.0 Å². The number of unbranched alkanes of at least 4 members (excludes halogenated alkanes) is 1. The number of aliphatic carboxylic acids is 1. The molecule has 2 aliphatic rings. The summed E-state index contributed by atoms with van der Waals surface area (Å²) in [6, 6.07) is 11.2. The Kier molecular flexibility index (Phi) is 8.35. The molecular formula is C27H36N2O4. The van der Waals surface area contributed by atoms with Gasteiger partial charge in [-0.15, -0.1) is 0 Å². The molecule has 4 rings (SSSR count). The molecule has 2 heterocycles. The van der Waals surface area contributed by atoms with E-state index in [-0.39, 0.29) is 6.10 Å². The van der Waals surface area contributed by atoms with Crippen molar-refractivity contribution in [3.8, 4) is 5.75 Å². The molecule has 0 radical (unpaired) electrons. The molecule has 0 amide bonds. The standard InChI is InChI=1S/C27H36N2O4/c1-2-32-25-13-6-4-11-23(25)26(27(30)31)29-17-16-22(19-29)33-18-8-7-10-21-15-14-20-9-3-5-12-24(20)28-21/h4,6,11,13-15,22,26H,2-3,5,7-10,12,16-19H2,1H3,(H,30,31)/t22-,26?/m1/s1. The average Bonchev–Trinajstić information content (AvgIpc) is 3.28. The number of benzene rings is 1. The minimum absolute atomic E-state index is 0.0768. The van der Waals surface area contributed by atoms with Crippen LogP contribution in [0.5, 0.6) is 5.75 Å². The van der Waals surface area contributed by atoms with Crippen LogP contribution in [0.4, 0.5) is 0 Å². The summed E-state index contributed by atoms with van der Waals surface area (Å²) in [6.45, 7) is 4.46. The molecule has 1 saturated heterocycles. The second-order valence-electron chi connectivity index (χ2n) is 9.06. The second kappa shape index (κ2) is 11.6. The fourth-order valence-corrected chi connectivity index (χ4v) is 5.03. The lowest BCUT2D eigenvalue weighted by atomic mass is 9.95. The highest BCUT2D eigenvalue weighted by molar-refractivity contribution is 5.76. The molecule has 1 aromatic carbocycles. The molecule has 0 spiro atoms. The predicted octanol–water partition coefficient (Wildman–Crippen LogP) is 4.60. The third kappa shape index (κ3) is 6.12. The Bertz CT molecular complexity index is 932. The lowest BCUT2D eigenvalue weighted by Gasteiger charge is -2.26. The van der Waals surface area contributed by atoms with Crippen LogP contribution in [0.3, 0.4) is 0 Å². The highest BCUT2D eigenvalue weighted by Gasteiger charge is 2.35. The van der Waals surface area contributed by atoms with E-state index in [9.17, 15) is 9.90 Å². The summed E-state index contributed by atoms with van der Waals surface area (Å²) >= 11 is 0. The normalized spacial score (nSPS) is 19.2. The summed E-state index contributed by atoms with van der Waals surface area (Å²) in [4.78, 5) is 19.0. The number of carboxylic acid groups (broad SMARTS) is 1. The quantitative estimate of drug-likeness (QED) is 0.503. The van der Waals surface area contributed by atoms with E-state index < -0.39 is 12.0 Å². The maximum absolute atomic E-state index is 12.1. The van der Waals surface area contributed by atoms with Gasteiger partial charge in [0.05, 0.1) is 12.7 Å². The van der Waals surface area contributed by atoms with Gasteiger partial charge in [-0.25, -0.2) is 0 Å². The maximum atomic E-state index is 12.1. The van der Waals surface area contributed by atoms with Crippen molar-refractivity contribution < 1.29 is 19.4 Å². The second-order valence-corrected chi connectivity index (χ2v) is 9.06. The van der Waals surface area contributed by atoms with E-state index in [1.165, 1.54) is 36.2 Å². The van der Waals surface area contributed by atoms with Crippen LogP contribution >= 0.6 is 0 Å². The highest BCUT2D eigenvalue weighted by Crippen LogP contribution is 2.32. The lowest BCUT2D eigenvalue weighted by molar-refractivity contribution is -0.143. The van der Waals surface area contributed by atoms with Gasteiger partial charge in [0.15, 0.2) is 0 Å². The Morgan fingerprint density at radius 2 is 2.03 bits per heavy atom. The molecule has 1 N–H and O–H groups in total. The Labute approximate surface area is 196 Å². The van der Waals surface area contributed by atoms with E-state index in [2.05, 4.69) is 12.1 Å². The number of pyridine rings is 1. The molecule has 2 atom stereocenters. The van der Waals surface area contributed by atoms with Crippen LogP contribution in [-0.2, 0) is 28.8 Å². The Morgan fingerprint density at radius 3 is 2.88 bits per heavy atom. The monoisotopic (exact) mass is 452 g/mol. The number of fused-ring (bicyclic) bond motifs is 1. The van der Waals surface area contributed by atoms with Gasteiger partial charge in [-0.1, -0.05) is 24.3 Å². The largest absolute Gasteiger partial charge is 0.494 e. The van der Waals surface area contributed by atoms with Crippen molar-refractivity contribution in [2.75, 3.05) is 26.3 Å². The van der Waals surface area contributed by atoms with Crippen LogP contribution < -0.4 is 4.74 Å². The van der Waals surface area contributed by atoms with E-state index in [1.54, 1.807) is 0 Å².